The maximum absolute atomic E-state index is 13.7. The first-order chi connectivity index (χ1) is 8.94. The van der Waals surface area contributed by atoms with Crippen LogP contribution in [0, 0.1) is 11.6 Å². The second-order valence-corrected chi connectivity index (χ2v) is 12.6. The fourth-order valence-electron chi connectivity index (χ4n) is 1.15. The van der Waals surface area contributed by atoms with Gasteiger partial charge in [-0.25, -0.2) is 8.78 Å². The predicted octanol–water partition coefficient (Wildman–Crippen LogP) is 6.60. The molecule has 20 heavy (non-hydrogen) atoms. The Morgan fingerprint density at radius 1 is 1.20 bits per heavy atom. The number of thioether (sulfide) groups is 1. The van der Waals surface area contributed by atoms with Crippen LogP contribution in [0.15, 0.2) is 17.0 Å². The summed E-state index contributed by atoms with van der Waals surface area (Å²) in [5.74, 6) is -1.95. The lowest BCUT2D eigenvalue weighted by atomic mass is 10.1. The van der Waals surface area contributed by atoms with Crippen molar-refractivity contribution >= 4 is 87.7 Å². The standard InChI is InChI=1S/C10H4Br3ClF4S2/c11-9(12,13)10(17,18)20-4-1-6(15)5(3-8(14)19)7(16)2-4/h1-2H,3H2. The molecular weight excluding hydrogens is 535 g/mol. The zero-order valence-electron chi connectivity index (χ0n) is 9.20. The molecule has 0 unspecified atom stereocenters. The predicted molar refractivity (Wildman–Crippen MR) is 88.8 cm³/mol. The zero-order chi connectivity index (χ0) is 15.7. The van der Waals surface area contributed by atoms with Crippen LogP contribution in [-0.4, -0.2) is 11.7 Å². The largest absolute Gasteiger partial charge is 0.332 e. The van der Waals surface area contributed by atoms with Crippen LogP contribution in [0.1, 0.15) is 5.56 Å². The SMILES string of the molecule is Fc1cc(SC(F)(F)C(Br)(Br)Br)cc(F)c1CC(=S)Cl. The van der Waals surface area contributed by atoms with Gasteiger partial charge in [0.05, 0.1) is 4.32 Å². The van der Waals surface area contributed by atoms with Crippen molar-refractivity contribution in [3.05, 3.63) is 29.3 Å². The smallest absolute Gasteiger partial charge is 0.207 e. The topological polar surface area (TPSA) is 0 Å². The minimum atomic E-state index is -3.41. The van der Waals surface area contributed by atoms with Gasteiger partial charge in [-0.15, -0.1) is 0 Å². The van der Waals surface area contributed by atoms with Crippen LogP contribution in [-0.2, 0) is 6.42 Å². The van der Waals surface area contributed by atoms with Crippen molar-refractivity contribution in [3.63, 3.8) is 0 Å². The van der Waals surface area contributed by atoms with Gasteiger partial charge in [0.1, 0.15) is 11.6 Å². The summed E-state index contributed by atoms with van der Waals surface area (Å²) in [6.45, 7) is 0. The normalized spacial score (nSPS) is 12.6. The van der Waals surface area contributed by atoms with Crippen LogP contribution in [0.5, 0.6) is 0 Å². The lowest BCUT2D eigenvalue weighted by Gasteiger charge is -2.24. The van der Waals surface area contributed by atoms with Crippen LogP contribution >= 0.6 is 83.4 Å². The quantitative estimate of drug-likeness (QED) is 0.139. The second-order valence-electron chi connectivity index (χ2n) is 3.51. The molecule has 0 aliphatic rings. The Morgan fingerprint density at radius 2 is 1.65 bits per heavy atom. The maximum atomic E-state index is 13.7. The van der Waals surface area contributed by atoms with E-state index in [9.17, 15) is 17.6 Å². The number of hydrogen-bond donors (Lipinski definition) is 0. The minimum absolute atomic E-state index is 0.0110. The third-order valence-electron chi connectivity index (χ3n) is 2.01. The molecule has 112 valence electrons. The molecule has 0 saturated carbocycles. The summed E-state index contributed by atoms with van der Waals surface area (Å²) in [5, 5.41) is -3.41. The van der Waals surface area contributed by atoms with Crippen molar-refractivity contribution in [1.29, 1.82) is 0 Å². The molecule has 0 N–H and O–H groups in total. The maximum Gasteiger partial charge on any atom is 0.332 e. The Balaban J connectivity index is 3.09. The van der Waals surface area contributed by atoms with Crippen molar-refractivity contribution < 1.29 is 17.6 Å². The van der Waals surface area contributed by atoms with Gasteiger partial charge in [-0.2, -0.15) is 8.78 Å². The summed E-state index contributed by atoms with van der Waals surface area (Å²) in [4.78, 5) is -0.267. The fourth-order valence-corrected chi connectivity index (χ4v) is 2.90. The third-order valence-corrected chi connectivity index (χ3v) is 5.60. The Hall–Kier alpha value is 1.11. The average molecular weight is 539 g/mol. The highest BCUT2D eigenvalue weighted by Crippen LogP contribution is 2.55. The van der Waals surface area contributed by atoms with Gasteiger partial charge in [-0.1, -0.05) is 71.6 Å². The first kappa shape index (κ1) is 19.2. The van der Waals surface area contributed by atoms with Crippen LogP contribution in [0.2, 0.25) is 0 Å². The van der Waals surface area contributed by atoms with E-state index in [-0.39, 0.29) is 33.0 Å². The van der Waals surface area contributed by atoms with Gasteiger partial charge in [-0.3, -0.25) is 0 Å². The lowest BCUT2D eigenvalue weighted by Crippen LogP contribution is -2.27. The minimum Gasteiger partial charge on any atom is -0.207 e. The molecular formula is C10H4Br3ClF4S2. The fraction of sp³-hybridized carbons (Fsp3) is 0.300. The molecule has 0 aliphatic heterocycles. The second kappa shape index (κ2) is 7.12. The van der Waals surface area contributed by atoms with Crippen molar-refractivity contribution in [2.75, 3.05) is 0 Å². The van der Waals surface area contributed by atoms with Crippen LogP contribution in [0.4, 0.5) is 17.6 Å². The average Bonchev–Trinajstić information content (AvgIpc) is 2.20. The monoisotopic (exact) mass is 536 g/mol. The lowest BCUT2D eigenvalue weighted by molar-refractivity contribution is 0.122. The van der Waals surface area contributed by atoms with Gasteiger partial charge in [-0.05, 0) is 23.9 Å². The van der Waals surface area contributed by atoms with Gasteiger partial charge >= 0.3 is 5.25 Å². The molecule has 0 spiro atoms. The molecule has 0 amide bonds. The van der Waals surface area contributed by atoms with Crippen molar-refractivity contribution in [2.24, 2.45) is 0 Å². The van der Waals surface area contributed by atoms with E-state index in [1.165, 1.54) is 0 Å². The molecule has 0 atom stereocenters. The first-order valence-corrected chi connectivity index (χ1v) is 8.72. The van der Waals surface area contributed by atoms with Gasteiger partial charge < -0.3 is 0 Å². The summed E-state index contributed by atoms with van der Waals surface area (Å²) in [5.41, 5.74) is -0.347. The summed E-state index contributed by atoms with van der Waals surface area (Å²) in [6, 6.07) is 1.62. The number of hydrogen-bond acceptors (Lipinski definition) is 2. The van der Waals surface area contributed by atoms with Crippen LogP contribution < -0.4 is 0 Å². The Bertz CT molecular complexity index is 511. The third kappa shape index (κ3) is 5.08. The molecule has 1 aromatic carbocycles. The molecule has 0 radical (unpaired) electrons. The van der Waals surface area contributed by atoms with E-state index < -0.39 is 19.0 Å². The molecule has 0 heterocycles. The molecule has 0 bridgehead atoms. The van der Waals surface area contributed by atoms with E-state index in [2.05, 4.69) is 60.0 Å². The molecule has 0 nitrogen and oxygen atoms in total. The number of thiocarbonyl (C=S) groups is 1. The molecule has 0 aromatic heterocycles. The van der Waals surface area contributed by atoms with Crippen molar-refractivity contribution in [3.8, 4) is 0 Å². The van der Waals surface area contributed by atoms with Gasteiger partial charge in [0, 0.05) is 16.9 Å². The summed E-state index contributed by atoms with van der Waals surface area (Å²) in [6.07, 6.45) is -0.283. The number of alkyl halides is 5. The molecule has 0 fully saturated rings. The molecule has 0 aliphatic carbocycles. The summed E-state index contributed by atoms with van der Waals surface area (Å²) < 4.78 is 52.8. The number of benzene rings is 1. The zero-order valence-corrected chi connectivity index (χ0v) is 16.3. The van der Waals surface area contributed by atoms with E-state index in [4.69, 9.17) is 11.6 Å². The van der Waals surface area contributed by atoms with Crippen LogP contribution in [0.3, 0.4) is 0 Å². The van der Waals surface area contributed by atoms with Crippen molar-refractivity contribution in [1.82, 2.24) is 0 Å². The van der Waals surface area contributed by atoms with Crippen molar-refractivity contribution in [2.45, 2.75) is 18.7 Å². The number of rotatable bonds is 4. The molecule has 0 saturated heterocycles. The van der Waals surface area contributed by atoms with Crippen LogP contribution in [0.25, 0.3) is 0 Å². The number of halogens is 8. The Morgan fingerprint density at radius 3 is 2.00 bits per heavy atom. The Kier molecular flexibility index (Phi) is 6.82. The van der Waals surface area contributed by atoms with Gasteiger partial charge in [0.2, 0.25) is 2.14 Å². The molecule has 1 rings (SSSR count). The van der Waals surface area contributed by atoms with E-state index >= 15 is 0 Å². The highest BCUT2D eigenvalue weighted by molar-refractivity contribution is 9.39. The highest BCUT2D eigenvalue weighted by Gasteiger charge is 2.50. The summed E-state index contributed by atoms with van der Waals surface area (Å²) in [7, 11) is 0. The molecule has 1 aromatic rings. The van der Waals surface area contributed by atoms with E-state index in [0.29, 0.717) is 0 Å². The van der Waals surface area contributed by atoms with E-state index in [1.807, 2.05) is 0 Å². The van der Waals surface area contributed by atoms with E-state index in [0.717, 1.165) is 12.1 Å². The van der Waals surface area contributed by atoms with Gasteiger partial charge in [0.15, 0.2) is 0 Å². The Labute approximate surface area is 152 Å². The molecule has 10 heteroatoms. The summed E-state index contributed by atoms with van der Waals surface area (Å²) >= 11 is 18.0. The highest BCUT2D eigenvalue weighted by atomic mass is 80.0. The van der Waals surface area contributed by atoms with E-state index in [1.54, 1.807) is 0 Å². The first-order valence-electron chi connectivity index (χ1n) is 4.74. The van der Waals surface area contributed by atoms with Gasteiger partial charge in [0.25, 0.3) is 0 Å².